The molecule has 3 rings (SSSR count). The van der Waals surface area contributed by atoms with E-state index in [0.29, 0.717) is 41.4 Å². The highest BCUT2D eigenvalue weighted by Crippen LogP contribution is 2.38. The van der Waals surface area contributed by atoms with Gasteiger partial charge in [0.2, 0.25) is 5.13 Å². The molecular formula is C12H11ClN4O3S. The molecule has 0 unspecified atom stereocenters. The van der Waals surface area contributed by atoms with Crippen LogP contribution in [0, 0.1) is 0 Å². The number of rotatable bonds is 3. The summed E-state index contributed by atoms with van der Waals surface area (Å²) < 4.78 is 10.9. The van der Waals surface area contributed by atoms with Gasteiger partial charge in [-0.15, -0.1) is 10.2 Å². The van der Waals surface area contributed by atoms with E-state index >= 15 is 0 Å². The second-order valence-corrected chi connectivity index (χ2v) is 5.39. The Morgan fingerprint density at radius 1 is 1.38 bits per heavy atom. The van der Waals surface area contributed by atoms with Crippen LogP contribution in [-0.2, 0) is 6.54 Å². The fourth-order valence-electron chi connectivity index (χ4n) is 1.82. The monoisotopic (exact) mass is 326 g/mol. The maximum absolute atomic E-state index is 11.7. The van der Waals surface area contributed by atoms with Crippen LogP contribution >= 0.6 is 22.9 Å². The maximum atomic E-state index is 11.7. The first-order valence-corrected chi connectivity index (χ1v) is 7.37. The van der Waals surface area contributed by atoms with Crippen molar-refractivity contribution in [1.82, 2.24) is 15.5 Å². The van der Waals surface area contributed by atoms with E-state index in [1.807, 2.05) is 0 Å². The predicted octanol–water partition coefficient (Wildman–Crippen LogP) is 2.28. The van der Waals surface area contributed by atoms with E-state index in [2.05, 4.69) is 20.8 Å². The lowest BCUT2D eigenvalue weighted by Crippen LogP contribution is -2.28. The number of benzene rings is 1. The third kappa shape index (κ3) is 3.34. The molecule has 1 aliphatic rings. The second kappa shape index (κ2) is 6.15. The highest BCUT2D eigenvalue weighted by Gasteiger charge is 2.16. The van der Waals surface area contributed by atoms with Gasteiger partial charge in [0, 0.05) is 6.54 Å². The van der Waals surface area contributed by atoms with Crippen molar-refractivity contribution >= 4 is 34.1 Å². The number of aromatic nitrogens is 2. The molecule has 1 aromatic heterocycles. The maximum Gasteiger partial charge on any atom is 0.321 e. The first-order valence-electron chi connectivity index (χ1n) is 6.11. The number of ether oxygens (including phenoxy) is 2. The van der Waals surface area contributed by atoms with Gasteiger partial charge in [-0.05, 0) is 17.7 Å². The molecule has 0 bridgehead atoms. The summed E-state index contributed by atoms with van der Waals surface area (Å²) in [6, 6.07) is 3.17. The Bertz CT molecular complexity index is 650. The van der Waals surface area contributed by atoms with E-state index in [9.17, 15) is 4.79 Å². The Morgan fingerprint density at radius 3 is 3.05 bits per heavy atom. The van der Waals surface area contributed by atoms with E-state index in [4.69, 9.17) is 21.1 Å². The molecule has 7 nitrogen and oxygen atoms in total. The Balaban J connectivity index is 1.62. The fraction of sp³-hybridized carbons (Fsp3) is 0.250. The quantitative estimate of drug-likeness (QED) is 0.903. The zero-order chi connectivity index (χ0) is 14.7. The van der Waals surface area contributed by atoms with Crippen LogP contribution in [-0.4, -0.2) is 29.4 Å². The van der Waals surface area contributed by atoms with Gasteiger partial charge in [0.1, 0.15) is 18.7 Å². The molecule has 1 aromatic carbocycles. The molecule has 1 aliphatic heterocycles. The SMILES string of the molecule is O=C(NCc1cc(Cl)c2c(c1)OCCO2)Nc1nncs1. The number of carbonyl (C=O) groups excluding carboxylic acids is 1. The minimum atomic E-state index is -0.363. The van der Waals surface area contributed by atoms with Crippen molar-refractivity contribution in [3.63, 3.8) is 0 Å². The molecule has 0 spiro atoms. The average Bonchev–Trinajstić information content (AvgIpc) is 2.98. The Hall–Kier alpha value is -2.06. The number of nitrogens with one attached hydrogen (secondary N) is 2. The summed E-state index contributed by atoms with van der Waals surface area (Å²) in [5.41, 5.74) is 2.35. The smallest absolute Gasteiger partial charge is 0.321 e. The topological polar surface area (TPSA) is 85.4 Å². The van der Waals surface area contributed by atoms with Crippen molar-refractivity contribution in [2.24, 2.45) is 0 Å². The summed E-state index contributed by atoms with van der Waals surface area (Å²) in [4.78, 5) is 11.7. The lowest BCUT2D eigenvalue weighted by atomic mass is 10.2. The van der Waals surface area contributed by atoms with Crippen LogP contribution in [0.3, 0.4) is 0 Å². The molecule has 21 heavy (non-hydrogen) atoms. The highest BCUT2D eigenvalue weighted by atomic mass is 35.5. The summed E-state index contributed by atoms with van der Waals surface area (Å²) in [7, 11) is 0. The molecule has 0 fully saturated rings. The fourth-order valence-corrected chi connectivity index (χ4v) is 2.55. The van der Waals surface area contributed by atoms with Gasteiger partial charge in [0.05, 0.1) is 5.02 Å². The summed E-state index contributed by atoms with van der Waals surface area (Å²) >= 11 is 7.37. The summed E-state index contributed by atoms with van der Waals surface area (Å²) in [6.45, 7) is 1.27. The van der Waals surface area contributed by atoms with Crippen LogP contribution in [0.5, 0.6) is 11.5 Å². The zero-order valence-electron chi connectivity index (χ0n) is 10.8. The minimum Gasteiger partial charge on any atom is -0.486 e. The van der Waals surface area contributed by atoms with Gasteiger partial charge >= 0.3 is 6.03 Å². The van der Waals surface area contributed by atoms with Crippen molar-refractivity contribution in [2.75, 3.05) is 18.5 Å². The summed E-state index contributed by atoms with van der Waals surface area (Å²) in [6.07, 6.45) is 0. The number of halogens is 1. The molecule has 9 heteroatoms. The highest BCUT2D eigenvalue weighted by molar-refractivity contribution is 7.13. The van der Waals surface area contributed by atoms with Crippen LogP contribution in [0.4, 0.5) is 9.93 Å². The number of carbonyl (C=O) groups is 1. The number of nitrogens with zero attached hydrogens (tertiary/aromatic N) is 2. The van der Waals surface area contributed by atoms with Gasteiger partial charge in [0.25, 0.3) is 0 Å². The van der Waals surface area contributed by atoms with E-state index in [0.717, 1.165) is 5.56 Å². The predicted molar refractivity (Wildman–Crippen MR) is 78.2 cm³/mol. The Morgan fingerprint density at radius 2 is 2.24 bits per heavy atom. The van der Waals surface area contributed by atoms with Gasteiger partial charge < -0.3 is 14.8 Å². The molecule has 2 N–H and O–H groups in total. The third-order valence-corrected chi connectivity index (χ3v) is 3.58. The summed E-state index contributed by atoms with van der Waals surface area (Å²) in [5, 5.41) is 13.5. The van der Waals surface area contributed by atoms with Gasteiger partial charge in [-0.25, -0.2) is 4.79 Å². The van der Waals surface area contributed by atoms with Gasteiger partial charge in [-0.3, -0.25) is 5.32 Å². The number of urea groups is 1. The van der Waals surface area contributed by atoms with Crippen molar-refractivity contribution in [1.29, 1.82) is 0 Å². The zero-order valence-corrected chi connectivity index (χ0v) is 12.3. The number of fused-ring (bicyclic) bond motifs is 1. The first kappa shape index (κ1) is 13.9. The molecule has 2 amide bonds. The molecule has 0 radical (unpaired) electrons. The first-order chi connectivity index (χ1) is 10.2. The van der Waals surface area contributed by atoms with Crippen LogP contribution in [0.15, 0.2) is 17.6 Å². The molecule has 0 atom stereocenters. The number of hydrogen-bond donors (Lipinski definition) is 2. The van der Waals surface area contributed by atoms with Crippen molar-refractivity contribution in [2.45, 2.75) is 6.54 Å². The van der Waals surface area contributed by atoms with E-state index in [-0.39, 0.29) is 6.03 Å². The second-order valence-electron chi connectivity index (χ2n) is 4.15. The number of hydrogen-bond acceptors (Lipinski definition) is 6. The minimum absolute atomic E-state index is 0.307. The number of anilines is 1. The van der Waals surface area contributed by atoms with Crippen molar-refractivity contribution in [3.8, 4) is 11.5 Å². The summed E-state index contributed by atoms with van der Waals surface area (Å²) in [5.74, 6) is 1.14. The number of amides is 2. The third-order valence-electron chi connectivity index (χ3n) is 2.69. The van der Waals surface area contributed by atoms with E-state index < -0.39 is 0 Å². The van der Waals surface area contributed by atoms with Crippen LogP contribution < -0.4 is 20.1 Å². The van der Waals surface area contributed by atoms with Gasteiger partial charge in [-0.2, -0.15) is 0 Å². The van der Waals surface area contributed by atoms with E-state index in [1.54, 1.807) is 12.1 Å². The molecular weight excluding hydrogens is 316 g/mol. The van der Waals surface area contributed by atoms with Crippen LogP contribution in [0.25, 0.3) is 0 Å². The van der Waals surface area contributed by atoms with Crippen LogP contribution in [0.1, 0.15) is 5.56 Å². The van der Waals surface area contributed by atoms with Crippen LogP contribution in [0.2, 0.25) is 5.02 Å². The molecule has 0 saturated heterocycles. The normalized spacial score (nSPS) is 12.8. The largest absolute Gasteiger partial charge is 0.486 e. The lowest BCUT2D eigenvalue weighted by Gasteiger charge is -2.20. The molecule has 0 saturated carbocycles. The molecule has 2 heterocycles. The molecule has 110 valence electrons. The van der Waals surface area contributed by atoms with E-state index in [1.165, 1.54) is 16.8 Å². The molecule has 2 aromatic rings. The van der Waals surface area contributed by atoms with Gasteiger partial charge in [-0.1, -0.05) is 22.9 Å². The Labute approximate surface area is 129 Å². The van der Waals surface area contributed by atoms with Crippen molar-refractivity contribution in [3.05, 3.63) is 28.2 Å². The van der Waals surface area contributed by atoms with Crippen molar-refractivity contribution < 1.29 is 14.3 Å². The standard InChI is InChI=1S/C12H11ClN4O3S/c13-8-3-7(4-9-10(8)20-2-1-19-9)5-14-11(18)16-12-17-15-6-21-12/h3-4,6H,1-2,5H2,(H2,14,16,17,18). The Kier molecular flexibility index (Phi) is 4.07. The average molecular weight is 327 g/mol. The lowest BCUT2D eigenvalue weighted by molar-refractivity contribution is 0.171. The van der Waals surface area contributed by atoms with Gasteiger partial charge in [0.15, 0.2) is 11.5 Å². The molecule has 0 aliphatic carbocycles.